The van der Waals surface area contributed by atoms with Crippen molar-refractivity contribution < 1.29 is 9.47 Å². The van der Waals surface area contributed by atoms with Gasteiger partial charge in [-0.15, -0.1) is 0 Å². The van der Waals surface area contributed by atoms with Gasteiger partial charge in [0.1, 0.15) is 6.10 Å². The van der Waals surface area contributed by atoms with E-state index in [4.69, 9.17) is 14.7 Å². The standard InChI is InChI=1S/C13H15NO2/c1-2-12-8-16-13(9-15-12)11-5-3-10(7-14)4-6-11/h3-6,12-13H,2,8-9H2,1H3/t12-,13-/m1/s1. The maximum Gasteiger partial charge on any atom is 0.106 e. The Morgan fingerprint density at radius 1 is 1.25 bits per heavy atom. The molecule has 1 heterocycles. The average Bonchev–Trinajstić information content (AvgIpc) is 2.39. The lowest BCUT2D eigenvalue weighted by molar-refractivity contribution is -0.135. The molecule has 0 unspecified atom stereocenters. The summed E-state index contributed by atoms with van der Waals surface area (Å²) in [5.41, 5.74) is 1.75. The van der Waals surface area contributed by atoms with E-state index in [-0.39, 0.29) is 12.2 Å². The van der Waals surface area contributed by atoms with E-state index < -0.39 is 0 Å². The fourth-order valence-corrected chi connectivity index (χ4v) is 1.74. The number of hydrogen-bond donors (Lipinski definition) is 0. The molecule has 0 radical (unpaired) electrons. The van der Waals surface area contributed by atoms with Crippen LogP contribution in [0.2, 0.25) is 0 Å². The first-order valence-electron chi connectivity index (χ1n) is 5.56. The Hall–Kier alpha value is -1.37. The number of nitrogens with zero attached hydrogens (tertiary/aromatic N) is 1. The van der Waals surface area contributed by atoms with Crippen molar-refractivity contribution in [1.82, 2.24) is 0 Å². The molecular formula is C13H15NO2. The summed E-state index contributed by atoms with van der Waals surface area (Å²) in [4.78, 5) is 0. The minimum atomic E-state index is 0.00976. The largest absolute Gasteiger partial charge is 0.373 e. The highest BCUT2D eigenvalue weighted by atomic mass is 16.6. The van der Waals surface area contributed by atoms with Gasteiger partial charge in [0.15, 0.2) is 0 Å². The molecule has 84 valence electrons. The Kier molecular flexibility index (Phi) is 3.55. The Bertz CT molecular complexity index is 372. The SMILES string of the molecule is CC[C@@H]1CO[C@@H](c2ccc(C#N)cc2)CO1. The summed E-state index contributed by atoms with van der Waals surface area (Å²) in [6.45, 7) is 3.35. The highest BCUT2D eigenvalue weighted by molar-refractivity contribution is 5.32. The molecule has 0 bridgehead atoms. The van der Waals surface area contributed by atoms with Crippen LogP contribution in [0.4, 0.5) is 0 Å². The highest BCUT2D eigenvalue weighted by Gasteiger charge is 2.22. The third-order valence-electron chi connectivity index (χ3n) is 2.83. The average molecular weight is 217 g/mol. The van der Waals surface area contributed by atoms with Crippen LogP contribution in [0.1, 0.15) is 30.6 Å². The van der Waals surface area contributed by atoms with E-state index in [0.717, 1.165) is 12.0 Å². The van der Waals surface area contributed by atoms with Crippen molar-refractivity contribution in [2.45, 2.75) is 25.6 Å². The van der Waals surface area contributed by atoms with Gasteiger partial charge in [-0.1, -0.05) is 19.1 Å². The van der Waals surface area contributed by atoms with Gasteiger partial charge < -0.3 is 9.47 Å². The van der Waals surface area contributed by atoms with Gasteiger partial charge in [-0.3, -0.25) is 0 Å². The third kappa shape index (κ3) is 2.41. The van der Waals surface area contributed by atoms with Gasteiger partial charge in [-0.2, -0.15) is 5.26 Å². The third-order valence-corrected chi connectivity index (χ3v) is 2.83. The van der Waals surface area contributed by atoms with Gasteiger partial charge in [-0.05, 0) is 24.1 Å². The molecule has 0 amide bonds. The van der Waals surface area contributed by atoms with Crippen LogP contribution in [-0.2, 0) is 9.47 Å². The van der Waals surface area contributed by atoms with Crippen molar-refractivity contribution in [2.75, 3.05) is 13.2 Å². The lowest BCUT2D eigenvalue weighted by Gasteiger charge is -2.29. The molecule has 3 nitrogen and oxygen atoms in total. The predicted octanol–water partition coefficient (Wildman–Crippen LogP) is 2.42. The Morgan fingerprint density at radius 3 is 2.50 bits per heavy atom. The van der Waals surface area contributed by atoms with Gasteiger partial charge in [0.2, 0.25) is 0 Å². The first-order chi connectivity index (χ1) is 7.83. The number of ether oxygens (including phenoxy) is 2. The molecular weight excluding hydrogens is 202 g/mol. The van der Waals surface area contributed by atoms with Crippen LogP contribution in [0.15, 0.2) is 24.3 Å². The van der Waals surface area contributed by atoms with E-state index >= 15 is 0 Å². The summed E-state index contributed by atoms with van der Waals surface area (Å²) in [7, 11) is 0. The molecule has 0 aliphatic carbocycles. The van der Waals surface area contributed by atoms with E-state index in [2.05, 4.69) is 13.0 Å². The van der Waals surface area contributed by atoms with Crippen LogP contribution >= 0.6 is 0 Å². The lowest BCUT2D eigenvalue weighted by atomic mass is 10.1. The van der Waals surface area contributed by atoms with Crippen LogP contribution in [0.25, 0.3) is 0 Å². The van der Waals surface area contributed by atoms with Crippen molar-refractivity contribution in [2.24, 2.45) is 0 Å². The molecule has 3 heteroatoms. The van der Waals surface area contributed by atoms with E-state index in [9.17, 15) is 0 Å². The minimum Gasteiger partial charge on any atom is -0.373 e. The molecule has 0 aromatic heterocycles. The van der Waals surface area contributed by atoms with Crippen LogP contribution in [0, 0.1) is 11.3 Å². The smallest absolute Gasteiger partial charge is 0.106 e. The Morgan fingerprint density at radius 2 is 2.00 bits per heavy atom. The molecule has 0 N–H and O–H groups in total. The van der Waals surface area contributed by atoms with Crippen LogP contribution in [0.5, 0.6) is 0 Å². The number of rotatable bonds is 2. The molecule has 2 rings (SSSR count). The van der Waals surface area contributed by atoms with E-state index in [0.29, 0.717) is 18.8 Å². The van der Waals surface area contributed by atoms with Crippen LogP contribution in [-0.4, -0.2) is 19.3 Å². The van der Waals surface area contributed by atoms with Gasteiger partial charge >= 0.3 is 0 Å². The predicted molar refractivity (Wildman–Crippen MR) is 59.9 cm³/mol. The zero-order valence-electron chi connectivity index (χ0n) is 9.35. The molecule has 0 saturated carbocycles. The fourth-order valence-electron chi connectivity index (χ4n) is 1.74. The lowest BCUT2D eigenvalue weighted by Crippen LogP contribution is -2.30. The summed E-state index contributed by atoms with van der Waals surface area (Å²) in [5.74, 6) is 0. The van der Waals surface area contributed by atoms with Crippen molar-refractivity contribution in [3.05, 3.63) is 35.4 Å². The van der Waals surface area contributed by atoms with Gasteiger partial charge in [0, 0.05) is 0 Å². The first-order valence-corrected chi connectivity index (χ1v) is 5.56. The zero-order valence-corrected chi connectivity index (χ0v) is 9.35. The summed E-state index contributed by atoms with van der Waals surface area (Å²) in [6.07, 6.45) is 1.23. The van der Waals surface area contributed by atoms with Gasteiger partial charge in [0.05, 0.1) is 31.0 Å². The molecule has 1 aliphatic rings. The summed E-state index contributed by atoms with van der Waals surface area (Å²) >= 11 is 0. The van der Waals surface area contributed by atoms with Crippen molar-refractivity contribution in [1.29, 1.82) is 5.26 Å². The molecule has 1 aromatic carbocycles. The summed E-state index contributed by atoms with van der Waals surface area (Å²) in [6, 6.07) is 9.58. The zero-order chi connectivity index (χ0) is 11.4. The molecule has 0 spiro atoms. The Balaban J connectivity index is 2.00. The fraction of sp³-hybridized carbons (Fsp3) is 0.462. The van der Waals surface area contributed by atoms with E-state index in [1.54, 1.807) is 0 Å². The van der Waals surface area contributed by atoms with Crippen LogP contribution in [0.3, 0.4) is 0 Å². The number of nitriles is 1. The molecule has 1 aliphatic heterocycles. The second kappa shape index (κ2) is 5.11. The number of benzene rings is 1. The molecule has 1 fully saturated rings. The quantitative estimate of drug-likeness (QED) is 0.764. The summed E-state index contributed by atoms with van der Waals surface area (Å²) in [5, 5.41) is 8.70. The monoisotopic (exact) mass is 217 g/mol. The molecule has 16 heavy (non-hydrogen) atoms. The maximum atomic E-state index is 8.70. The van der Waals surface area contributed by atoms with Crippen molar-refractivity contribution >= 4 is 0 Å². The van der Waals surface area contributed by atoms with E-state index in [1.807, 2.05) is 24.3 Å². The topological polar surface area (TPSA) is 42.2 Å². The Labute approximate surface area is 95.6 Å². The maximum absolute atomic E-state index is 8.70. The normalized spacial score (nSPS) is 25.0. The second-order valence-electron chi connectivity index (χ2n) is 3.92. The second-order valence-corrected chi connectivity index (χ2v) is 3.92. The first kappa shape index (κ1) is 11.1. The van der Waals surface area contributed by atoms with E-state index in [1.165, 1.54) is 0 Å². The highest BCUT2D eigenvalue weighted by Crippen LogP contribution is 2.23. The van der Waals surface area contributed by atoms with Gasteiger partial charge in [0.25, 0.3) is 0 Å². The molecule has 1 aromatic rings. The molecule has 1 saturated heterocycles. The summed E-state index contributed by atoms with van der Waals surface area (Å²) < 4.78 is 11.4. The van der Waals surface area contributed by atoms with Crippen molar-refractivity contribution in [3.63, 3.8) is 0 Å². The van der Waals surface area contributed by atoms with Gasteiger partial charge in [-0.25, -0.2) is 0 Å². The van der Waals surface area contributed by atoms with Crippen LogP contribution < -0.4 is 0 Å². The number of hydrogen-bond acceptors (Lipinski definition) is 3. The van der Waals surface area contributed by atoms with Crippen molar-refractivity contribution in [3.8, 4) is 6.07 Å². The minimum absolute atomic E-state index is 0.00976. The molecule has 2 atom stereocenters.